The Bertz CT molecular complexity index is 998. The second-order valence-electron chi connectivity index (χ2n) is 7.07. The first kappa shape index (κ1) is 18.4. The van der Waals surface area contributed by atoms with Gasteiger partial charge in [0.15, 0.2) is 0 Å². The first-order chi connectivity index (χ1) is 13.5. The summed E-state index contributed by atoms with van der Waals surface area (Å²) in [5, 5.41) is 15.2. The molecule has 28 heavy (non-hydrogen) atoms. The lowest BCUT2D eigenvalue weighted by Crippen LogP contribution is -2.39. The topological polar surface area (TPSA) is 75.4 Å². The number of carbonyl (C=O) groups excluding carboxylic acids is 1. The van der Waals surface area contributed by atoms with Crippen molar-refractivity contribution in [2.24, 2.45) is 0 Å². The van der Waals surface area contributed by atoms with E-state index in [0.29, 0.717) is 13.1 Å². The van der Waals surface area contributed by atoms with Gasteiger partial charge in [-0.15, -0.1) is 11.3 Å². The van der Waals surface area contributed by atoms with Crippen molar-refractivity contribution in [2.45, 2.75) is 25.8 Å². The van der Waals surface area contributed by atoms with E-state index in [0.717, 1.165) is 28.8 Å². The smallest absolute Gasteiger partial charge is 0.338 e. The normalized spacial score (nSPS) is 15.0. The van der Waals surface area contributed by atoms with E-state index in [1.54, 1.807) is 10.9 Å². The molecule has 0 bridgehead atoms. The van der Waals surface area contributed by atoms with Crippen LogP contribution >= 0.6 is 11.3 Å². The molecule has 6 nitrogen and oxygen atoms in total. The molecule has 1 aliphatic rings. The first-order valence-electron chi connectivity index (χ1n) is 9.24. The van der Waals surface area contributed by atoms with Crippen LogP contribution in [0.3, 0.4) is 0 Å². The maximum absolute atomic E-state index is 13.1. The van der Waals surface area contributed by atoms with Crippen LogP contribution in [-0.4, -0.2) is 44.8 Å². The molecule has 0 atom stereocenters. The number of aryl methyl sites for hydroxylation is 1. The third-order valence-corrected chi connectivity index (χ3v) is 6.10. The van der Waals surface area contributed by atoms with Crippen molar-refractivity contribution in [3.8, 4) is 11.1 Å². The maximum atomic E-state index is 13.1. The molecular formula is C21H21N3O3S. The largest absolute Gasteiger partial charge is 0.478 e. The van der Waals surface area contributed by atoms with Gasteiger partial charge in [0.1, 0.15) is 0 Å². The Labute approximate surface area is 167 Å². The Hall–Kier alpha value is -2.93. The van der Waals surface area contributed by atoms with E-state index >= 15 is 0 Å². The lowest BCUT2D eigenvalue weighted by molar-refractivity contribution is 0.0692. The molecular weight excluding hydrogens is 374 g/mol. The van der Waals surface area contributed by atoms with Gasteiger partial charge in [-0.2, -0.15) is 5.10 Å². The van der Waals surface area contributed by atoms with Crippen molar-refractivity contribution in [2.75, 3.05) is 13.1 Å². The highest BCUT2D eigenvalue weighted by Gasteiger charge is 2.27. The van der Waals surface area contributed by atoms with Gasteiger partial charge in [0, 0.05) is 24.8 Å². The van der Waals surface area contributed by atoms with Crippen molar-refractivity contribution < 1.29 is 14.7 Å². The highest BCUT2D eigenvalue weighted by atomic mass is 32.1. The van der Waals surface area contributed by atoms with Crippen molar-refractivity contribution in [3.05, 3.63) is 64.1 Å². The summed E-state index contributed by atoms with van der Waals surface area (Å²) in [7, 11) is 0. The Balaban J connectivity index is 1.45. The molecule has 3 aromatic rings. The van der Waals surface area contributed by atoms with Crippen molar-refractivity contribution in [1.82, 2.24) is 14.7 Å². The van der Waals surface area contributed by atoms with E-state index in [1.165, 1.54) is 23.1 Å². The van der Waals surface area contributed by atoms with Crippen molar-refractivity contribution in [3.63, 3.8) is 0 Å². The Morgan fingerprint density at radius 1 is 1.14 bits per heavy atom. The number of thiophene rings is 1. The van der Waals surface area contributed by atoms with Gasteiger partial charge in [-0.05, 0) is 36.8 Å². The van der Waals surface area contributed by atoms with Gasteiger partial charge in [-0.25, -0.2) is 4.79 Å². The summed E-state index contributed by atoms with van der Waals surface area (Å²) < 4.78 is 1.72. The number of hydrogen-bond donors (Lipinski definition) is 1. The average molecular weight is 395 g/mol. The van der Waals surface area contributed by atoms with Crippen LogP contribution in [0.1, 0.15) is 44.5 Å². The van der Waals surface area contributed by atoms with Gasteiger partial charge in [0.05, 0.1) is 22.7 Å². The predicted molar refractivity (Wildman–Crippen MR) is 108 cm³/mol. The van der Waals surface area contributed by atoms with Crippen molar-refractivity contribution in [1.29, 1.82) is 0 Å². The molecule has 0 saturated carbocycles. The SMILES string of the molecule is Cc1ccc(-c2ccsc2C(=O)N2CCC(n3cc(C(=O)O)cn3)CC2)cc1. The quantitative estimate of drug-likeness (QED) is 0.722. The zero-order valence-corrected chi connectivity index (χ0v) is 16.4. The molecule has 4 rings (SSSR count). The minimum absolute atomic E-state index is 0.0655. The van der Waals surface area contributed by atoms with E-state index in [4.69, 9.17) is 5.11 Å². The van der Waals surface area contributed by atoms with Gasteiger partial charge in [-0.1, -0.05) is 29.8 Å². The standard InChI is InChI=1S/C21H21N3O3S/c1-14-2-4-15(5-3-14)18-8-11-28-19(18)20(25)23-9-6-17(7-10-23)24-13-16(12-22-24)21(26)27/h2-5,8,11-13,17H,6-7,9-10H2,1H3,(H,26,27). The molecule has 1 aliphatic heterocycles. The zero-order valence-electron chi connectivity index (χ0n) is 15.5. The molecule has 1 N–H and O–H groups in total. The molecule has 0 radical (unpaired) electrons. The monoisotopic (exact) mass is 395 g/mol. The molecule has 0 unspecified atom stereocenters. The fraction of sp³-hybridized carbons (Fsp3) is 0.286. The highest BCUT2D eigenvalue weighted by molar-refractivity contribution is 7.12. The number of amides is 1. The number of aromatic carboxylic acids is 1. The number of piperidine rings is 1. The molecule has 1 saturated heterocycles. The van der Waals surface area contributed by atoms with Crippen molar-refractivity contribution >= 4 is 23.2 Å². The number of carboxylic acid groups (broad SMARTS) is 1. The molecule has 0 spiro atoms. The number of aromatic nitrogens is 2. The Kier molecular flexibility index (Phi) is 5.00. The number of hydrogen-bond acceptors (Lipinski definition) is 4. The summed E-state index contributed by atoms with van der Waals surface area (Å²) in [6.45, 7) is 3.32. The summed E-state index contributed by atoms with van der Waals surface area (Å²) in [4.78, 5) is 26.8. The van der Waals surface area contributed by atoms with Crippen LogP contribution in [-0.2, 0) is 0 Å². The summed E-state index contributed by atoms with van der Waals surface area (Å²) in [6.07, 6.45) is 4.47. The minimum atomic E-state index is -0.972. The second kappa shape index (κ2) is 7.59. The van der Waals surface area contributed by atoms with Gasteiger partial charge in [-0.3, -0.25) is 9.48 Å². The van der Waals surface area contributed by atoms with E-state index in [-0.39, 0.29) is 17.5 Å². The van der Waals surface area contributed by atoms with Gasteiger partial charge in [0.2, 0.25) is 0 Å². The maximum Gasteiger partial charge on any atom is 0.338 e. The number of nitrogens with zero attached hydrogens (tertiary/aromatic N) is 3. The van der Waals surface area contributed by atoms with Crippen LogP contribution in [0.2, 0.25) is 0 Å². The first-order valence-corrected chi connectivity index (χ1v) is 10.1. The molecule has 3 heterocycles. The van der Waals surface area contributed by atoms with Crippen LogP contribution in [0, 0.1) is 6.92 Å². The van der Waals surface area contributed by atoms with E-state index in [9.17, 15) is 9.59 Å². The summed E-state index contributed by atoms with van der Waals surface area (Å²) in [5.74, 6) is -0.907. The van der Waals surface area contributed by atoms with E-state index in [1.807, 2.05) is 23.3 Å². The van der Waals surface area contributed by atoms with Gasteiger partial charge < -0.3 is 10.0 Å². The van der Waals surface area contributed by atoms with Gasteiger partial charge >= 0.3 is 5.97 Å². The molecule has 0 aliphatic carbocycles. The molecule has 7 heteroatoms. The number of benzene rings is 1. The number of likely N-dealkylation sites (tertiary alicyclic amines) is 1. The number of carbonyl (C=O) groups is 2. The third kappa shape index (κ3) is 3.57. The van der Waals surface area contributed by atoms with Crippen LogP contribution in [0.25, 0.3) is 11.1 Å². The number of rotatable bonds is 4. The summed E-state index contributed by atoms with van der Waals surface area (Å²) in [6, 6.07) is 10.4. The van der Waals surface area contributed by atoms with Crippen LogP contribution in [0.5, 0.6) is 0 Å². The van der Waals surface area contributed by atoms with Crippen LogP contribution in [0.4, 0.5) is 0 Å². The van der Waals surface area contributed by atoms with Gasteiger partial charge in [0.25, 0.3) is 5.91 Å². The Morgan fingerprint density at radius 2 is 1.86 bits per heavy atom. The Morgan fingerprint density at radius 3 is 2.50 bits per heavy atom. The fourth-order valence-electron chi connectivity index (χ4n) is 3.56. The predicted octanol–water partition coefficient (Wildman–Crippen LogP) is 4.10. The fourth-order valence-corrected chi connectivity index (χ4v) is 4.44. The summed E-state index contributed by atoms with van der Waals surface area (Å²) >= 11 is 1.48. The van der Waals surface area contributed by atoms with E-state index in [2.05, 4.69) is 29.4 Å². The second-order valence-corrected chi connectivity index (χ2v) is 7.98. The van der Waals surface area contributed by atoms with Crippen LogP contribution < -0.4 is 0 Å². The molecule has 144 valence electrons. The third-order valence-electron chi connectivity index (χ3n) is 5.20. The molecule has 2 aromatic heterocycles. The lowest BCUT2D eigenvalue weighted by Gasteiger charge is -2.32. The minimum Gasteiger partial charge on any atom is -0.478 e. The molecule has 1 aromatic carbocycles. The molecule has 1 amide bonds. The van der Waals surface area contributed by atoms with E-state index < -0.39 is 5.97 Å². The molecule has 1 fully saturated rings. The lowest BCUT2D eigenvalue weighted by atomic mass is 10.0. The highest BCUT2D eigenvalue weighted by Crippen LogP contribution is 2.31. The average Bonchev–Trinajstić information content (AvgIpc) is 3.38. The van der Waals surface area contributed by atoms with Crippen LogP contribution in [0.15, 0.2) is 48.1 Å². The zero-order chi connectivity index (χ0) is 19.7. The number of carboxylic acids is 1. The summed E-state index contributed by atoms with van der Waals surface area (Å²) in [5.41, 5.74) is 3.43.